The zero-order valence-corrected chi connectivity index (χ0v) is 10.9. The summed E-state index contributed by atoms with van der Waals surface area (Å²) in [4.78, 5) is 4.56. The van der Waals surface area contributed by atoms with Crippen molar-refractivity contribution in [3.05, 3.63) is 0 Å². The van der Waals surface area contributed by atoms with Crippen molar-refractivity contribution < 1.29 is 57.9 Å². The van der Waals surface area contributed by atoms with E-state index in [1.807, 2.05) is 0 Å². The normalized spacial score (nSPS) is 20.3. The first kappa shape index (κ1) is 19.1. The Kier molecular flexibility index (Phi) is 14.4. The maximum atomic E-state index is 2.28. The van der Waals surface area contributed by atoms with E-state index in [0.29, 0.717) is 0 Å². The molecular formula is C5H12Cl3N3Ti. The van der Waals surface area contributed by atoms with Gasteiger partial charge in [-0.1, -0.05) is 0 Å². The van der Waals surface area contributed by atoms with E-state index in [-0.39, 0.29) is 37.2 Å². The van der Waals surface area contributed by atoms with E-state index in [1.165, 1.54) is 0 Å². The number of halogens is 3. The van der Waals surface area contributed by atoms with Gasteiger partial charge >= 0.3 is 68.0 Å². The minimum atomic E-state index is 0. The Morgan fingerprint density at radius 1 is 0.833 bits per heavy atom. The molecule has 1 fully saturated rings. The summed E-state index contributed by atoms with van der Waals surface area (Å²) >= 11 is 2.13. The third kappa shape index (κ3) is 6.92. The Bertz CT molecular complexity index is 82.9. The fraction of sp³-hybridized carbons (Fsp3) is 1.00. The molecule has 0 atom stereocenters. The number of rotatable bonds is 0. The summed E-state index contributed by atoms with van der Waals surface area (Å²) in [5.74, 6) is 0. The van der Waals surface area contributed by atoms with Crippen molar-refractivity contribution in [2.24, 2.45) is 0 Å². The largest absolute Gasteiger partial charge is 1.00 e. The van der Waals surface area contributed by atoms with Crippen LogP contribution >= 0.6 is 0 Å². The smallest absolute Gasteiger partial charge is 1.00 e. The minimum Gasteiger partial charge on any atom is -1.00 e. The van der Waals surface area contributed by atoms with Crippen molar-refractivity contribution in [2.45, 2.75) is 0 Å². The molecule has 0 aromatic heterocycles. The van der Waals surface area contributed by atoms with Gasteiger partial charge in [0.1, 0.15) is 0 Å². The maximum absolute atomic E-state index is 2.28. The fourth-order valence-corrected chi connectivity index (χ4v) is 1.88. The van der Waals surface area contributed by atoms with Gasteiger partial charge in [-0.05, 0) is 0 Å². The van der Waals surface area contributed by atoms with Crippen LogP contribution in [0.25, 0.3) is 0 Å². The third-order valence-electron chi connectivity index (χ3n) is 1.31. The molecule has 1 aliphatic rings. The van der Waals surface area contributed by atoms with Gasteiger partial charge in [-0.2, -0.15) is 0 Å². The van der Waals surface area contributed by atoms with Crippen molar-refractivity contribution in [2.75, 3.05) is 34.1 Å². The van der Waals surface area contributed by atoms with Gasteiger partial charge in [0, 0.05) is 0 Å². The molecule has 1 aliphatic heterocycles. The standard InChI is InChI=1S/C5H12N3.3ClH.Ti/c1-7-3-6-4-8(2)5-7;;;;/h3-5H2,1-2H3;3*1H;/q-1;;;;+4/p-3. The summed E-state index contributed by atoms with van der Waals surface area (Å²) in [6.07, 6.45) is 0. The first-order chi connectivity index (χ1) is 4.18. The molecule has 1 heterocycles. The van der Waals surface area contributed by atoms with Crippen LogP contribution < -0.4 is 37.2 Å². The molecule has 0 spiro atoms. The molecule has 0 aliphatic carbocycles. The topological polar surface area (TPSA) is 9.72 Å². The molecule has 1 rings (SSSR count). The van der Waals surface area contributed by atoms with E-state index in [2.05, 4.69) is 48.0 Å². The molecule has 0 unspecified atom stereocenters. The van der Waals surface area contributed by atoms with E-state index in [9.17, 15) is 0 Å². The Hall–Kier alpha value is 1.46. The van der Waals surface area contributed by atoms with Crippen molar-refractivity contribution in [3.63, 3.8) is 0 Å². The second-order valence-corrected chi connectivity index (χ2v) is 3.66. The van der Waals surface area contributed by atoms with Crippen molar-refractivity contribution in [1.82, 2.24) is 13.2 Å². The van der Waals surface area contributed by atoms with Gasteiger partial charge in [-0.25, -0.2) is 0 Å². The predicted octanol–water partition coefficient (Wildman–Crippen LogP) is -9.49. The van der Waals surface area contributed by atoms with E-state index in [0.717, 1.165) is 20.0 Å². The molecule has 0 saturated carbocycles. The SMILES string of the molecule is CN1CN(C)C[N]([Ti+3])C1.[Cl-].[Cl-].[Cl-]. The van der Waals surface area contributed by atoms with Crippen LogP contribution in [0.1, 0.15) is 0 Å². The Labute approximate surface area is 105 Å². The molecule has 72 valence electrons. The summed E-state index contributed by atoms with van der Waals surface area (Å²) < 4.78 is 2.28. The average Bonchev–Trinajstić information content (AvgIpc) is 1.59. The van der Waals surface area contributed by atoms with Crippen molar-refractivity contribution in [3.8, 4) is 0 Å². The Balaban J connectivity index is -0.000000270. The molecule has 0 radical (unpaired) electrons. The van der Waals surface area contributed by atoms with E-state index in [4.69, 9.17) is 0 Å². The number of hydrogen-bond acceptors (Lipinski definition) is 3. The van der Waals surface area contributed by atoms with Gasteiger partial charge in [-0.3, -0.25) is 0 Å². The van der Waals surface area contributed by atoms with E-state index in [1.54, 1.807) is 0 Å². The van der Waals surface area contributed by atoms with Crippen LogP contribution in [0, 0.1) is 0 Å². The van der Waals surface area contributed by atoms with Gasteiger partial charge in [0.25, 0.3) is 0 Å². The monoisotopic (exact) mass is 267 g/mol. The first-order valence-electron chi connectivity index (χ1n) is 3.02. The summed E-state index contributed by atoms with van der Waals surface area (Å²) in [7, 11) is 4.26. The summed E-state index contributed by atoms with van der Waals surface area (Å²) in [6, 6.07) is 0. The maximum Gasteiger partial charge on any atom is -1.00 e. The zero-order valence-electron chi connectivity index (χ0n) is 7.10. The van der Waals surface area contributed by atoms with E-state index >= 15 is 0 Å². The van der Waals surface area contributed by atoms with Crippen LogP contribution in [-0.2, 0) is 20.7 Å². The van der Waals surface area contributed by atoms with Crippen LogP contribution in [0.15, 0.2) is 0 Å². The van der Waals surface area contributed by atoms with Crippen molar-refractivity contribution in [1.29, 1.82) is 0 Å². The van der Waals surface area contributed by atoms with Crippen LogP contribution in [0.2, 0.25) is 0 Å². The van der Waals surface area contributed by atoms with Gasteiger partial charge in [0.05, 0.1) is 0 Å². The molecule has 0 N–H and O–H groups in total. The van der Waals surface area contributed by atoms with Gasteiger partial charge in [-0.15, -0.1) is 0 Å². The molecular weight excluding hydrogens is 256 g/mol. The van der Waals surface area contributed by atoms with Gasteiger partial charge in [0.15, 0.2) is 0 Å². The van der Waals surface area contributed by atoms with Gasteiger partial charge in [0.2, 0.25) is 0 Å². The molecule has 7 heteroatoms. The third-order valence-corrected chi connectivity index (χ3v) is 1.75. The van der Waals surface area contributed by atoms with Crippen LogP contribution in [0.3, 0.4) is 0 Å². The number of nitrogens with zero attached hydrogens (tertiary/aromatic N) is 3. The molecule has 0 bridgehead atoms. The second kappa shape index (κ2) is 9.04. The quantitative estimate of drug-likeness (QED) is 0.404. The number of hydrogen-bond donors (Lipinski definition) is 0. The van der Waals surface area contributed by atoms with Crippen LogP contribution in [0.4, 0.5) is 0 Å². The van der Waals surface area contributed by atoms with Crippen LogP contribution in [-0.4, -0.2) is 47.3 Å². The average molecular weight is 268 g/mol. The second-order valence-electron chi connectivity index (χ2n) is 2.68. The Morgan fingerprint density at radius 2 is 1.17 bits per heavy atom. The molecule has 0 aromatic carbocycles. The first-order valence-corrected chi connectivity index (χ1v) is 3.71. The minimum absolute atomic E-state index is 0. The molecule has 12 heavy (non-hydrogen) atoms. The summed E-state index contributed by atoms with van der Waals surface area (Å²) in [6.45, 7) is 3.26. The fourth-order valence-electron chi connectivity index (χ4n) is 1.13. The molecule has 0 amide bonds. The van der Waals surface area contributed by atoms with Crippen molar-refractivity contribution >= 4 is 0 Å². The molecule has 0 aromatic rings. The molecule has 3 nitrogen and oxygen atoms in total. The summed E-state index contributed by atoms with van der Waals surface area (Å²) in [5.41, 5.74) is 0. The van der Waals surface area contributed by atoms with Crippen LogP contribution in [0.5, 0.6) is 0 Å². The molecule has 1 saturated heterocycles. The van der Waals surface area contributed by atoms with E-state index < -0.39 is 0 Å². The predicted molar refractivity (Wildman–Crippen MR) is 32.0 cm³/mol. The summed E-state index contributed by atoms with van der Waals surface area (Å²) in [5, 5.41) is 0. The zero-order chi connectivity index (χ0) is 6.85. The Morgan fingerprint density at radius 3 is 1.42 bits per heavy atom. The van der Waals surface area contributed by atoms with Gasteiger partial charge < -0.3 is 37.2 Å².